The smallest absolute Gasteiger partial charge is 0.251 e. The lowest BCUT2D eigenvalue weighted by Gasteiger charge is -2.11. The lowest BCUT2D eigenvalue weighted by atomic mass is 10.1. The van der Waals surface area contributed by atoms with Gasteiger partial charge in [0.2, 0.25) is 0 Å². The van der Waals surface area contributed by atoms with Crippen molar-refractivity contribution < 1.29 is 9.53 Å². The first kappa shape index (κ1) is 18.1. The summed E-state index contributed by atoms with van der Waals surface area (Å²) >= 11 is 0. The molecular weight excluding hydrogens is 316 g/mol. The molecule has 1 amide bonds. The number of hydrogen-bond donors (Lipinski definition) is 4. The molecule has 0 bridgehead atoms. The van der Waals surface area contributed by atoms with Crippen molar-refractivity contribution in [3.63, 3.8) is 0 Å². The van der Waals surface area contributed by atoms with Crippen LogP contribution in [0.4, 0.5) is 0 Å². The predicted molar refractivity (Wildman–Crippen MR) is 99.7 cm³/mol. The zero-order valence-corrected chi connectivity index (χ0v) is 14.1. The molecule has 130 valence electrons. The lowest BCUT2D eigenvalue weighted by Crippen LogP contribution is -2.28. The second-order valence-electron chi connectivity index (χ2n) is 5.60. The largest absolute Gasteiger partial charge is 0.491 e. The highest BCUT2D eigenvalue weighted by Crippen LogP contribution is 2.19. The van der Waals surface area contributed by atoms with Crippen molar-refractivity contribution in [2.45, 2.75) is 6.92 Å². The van der Waals surface area contributed by atoms with E-state index in [4.69, 9.17) is 21.6 Å². The molecule has 0 aromatic heterocycles. The SMILES string of the molecule is C=C(N)c1ccc(C(=O)NCCOc2cc(C(=N)N)ccc2C)cc1. The summed E-state index contributed by atoms with van der Waals surface area (Å²) < 4.78 is 5.67. The number of nitrogen functional groups attached to an aromatic ring is 1. The standard InChI is InChI=1S/C19H22N4O2/c1-12-3-4-16(18(21)22)11-17(12)25-10-9-23-19(24)15-7-5-14(6-8-15)13(2)20/h3-8,11H,2,9-10,20H2,1H3,(H3,21,22)(H,23,24). The monoisotopic (exact) mass is 338 g/mol. The van der Waals surface area contributed by atoms with Crippen molar-refractivity contribution in [2.75, 3.05) is 13.2 Å². The zero-order chi connectivity index (χ0) is 18.4. The van der Waals surface area contributed by atoms with Crippen molar-refractivity contribution in [3.8, 4) is 5.75 Å². The molecule has 0 radical (unpaired) electrons. The second-order valence-corrected chi connectivity index (χ2v) is 5.60. The normalized spacial score (nSPS) is 10.1. The van der Waals surface area contributed by atoms with Gasteiger partial charge in [0.15, 0.2) is 0 Å². The average molecular weight is 338 g/mol. The molecule has 0 aliphatic heterocycles. The molecule has 0 spiro atoms. The number of aryl methyl sites for hydroxylation is 1. The molecule has 25 heavy (non-hydrogen) atoms. The Balaban J connectivity index is 1.86. The minimum Gasteiger partial charge on any atom is -0.491 e. The van der Waals surface area contributed by atoms with E-state index in [1.54, 1.807) is 36.4 Å². The molecule has 0 heterocycles. The van der Waals surface area contributed by atoms with E-state index >= 15 is 0 Å². The second kappa shape index (κ2) is 8.01. The fourth-order valence-electron chi connectivity index (χ4n) is 2.19. The Morgan fingerprint density at radius 1 is 1.12 bits per heavy atom. The van der Waals surface area contributed by atoms with E-state index < -0.39 is 0 Å². The van der Waals surface area contributed by atoms with Crippen LogP contribution in [0.15, 0.2) is 49.0 Å². The maximum absolute atomic E-state index is 12.1. The van der Waals surface area contributed by atoms with Gasteiger partial charge >= 0.3 is 0 Å². The van der Waals surface area contributed by atoms with Crippen LogP contribution in [0.1, 0.15) is 27.0 Å². The third kappa shape index (κ3) is 4.84. The highest BCUT2D eigenvalue weighted by Gasteiger charge is 2.07. The van der Waals surface area contributed by atoms with E-state index in [9.17, 15) is 4.79 Å². The number of amides is 1. The highest BCUT2D eigenvalue weighted by atomic mass is 16.5. The Hall–Kier alpha value is -3.28. The Bertz CT molecular complexity index is 798. The number of nitrogens with one attached hydrogen (secondary N) is 2. The van der Waals surface area contributed by atoms with Crippen LogP contribution in [-0.4, -0.2) is 24.9 Å². The van der Waals surface area contributed by atoms with Crippen molar-refractivity contribution >= 4 is 17.4 Å². The predicted octanol–water partition coefficient (Wildman–Crippen LogP) is 2.02. The van der Waals surface area contributed by atoms with E-state index in [2.05, 4.69) is 11.9 Å². The summed E-state index contributed by atoms with van der Waals surface area (Å²) in [4.78, 5) is 12.1. The molecule has 2 aromatic rings. The van der Waals surface area contributed by atoms with Gasteiger partial charge in [-0.2, -0.15) is 0 Å². The quantitative estimate of drug-likeness (QED) is 0.351. The third-order valence-corrected chi connectivity index (χ3v) is 3.66. The number of ether oxygens (including phenoxy) is 1. The van der Waals surface area contributed by atoms with Crippen LogP contribution in [0.2, 0.25) is 0 Å². The van der Waals surface area contributed by atoms with Gasteiger partial charge < -0.3 is 21.5 Å². The van der Waals surface area contributed by atoms with Crippen LogP contribution >= 0.6 is 0 Å². The molecule has 6 heteroatoms. The molecule has 2 rings (SSSR count). The van der Waals surface area contributed by atoms with Gasteiger partial charge in [0.25, 0.3) is 5.91 Å². The summed E-state index contributed by atoms with van der Waals surface area (Å²) in [5.41, 5.74) is 14.4. The van der Waals surface area contributed by atoms with Crippen LogP contribution < -0.4 is 21.5 Å². The number of carbonyl (C=O) groups excluding carboxylic acids is 1. The van der Waals surface area contributed by atoms with Gasteiger partial charge in [0, 0.05) is 16.8 Å². The molecule has 0 aliphatic rings. The summed E-state index contributed by atoms with van der Waals surface area (Å²) in [7, 11) is 0. The van der Waals surface area contributed by atoms with Gasteiger partial charge in [0.1, 0.15) is 18.2 Å². The van der Waals surface area contributed by atoms with Crippen LogP contribution in [0.3, 0.4) is 0 Å². The minimum atomic E-state index is -0.188. The van der Waals surface area contributed by atoms with E-state index in [0.29, 0.717) is 35.7 Å². The maximum Gasteiger partial charge on any atom is 0.251 e. The van der Waals surface area contributed by atoms with Crippen molar-refractivity contribution in [2.24, 2.45) is 11.5 Å². The molecule has 2 aromatic carbocycles. The van der Waals surface area contributed by atoms with Gasteiger partial charge in [-0.1, -0.05) is 30.8 Å². The molecular formula is C19H22N4O2. The average Bonchev–Trinajstić information content (AvgIpc) is 2.59. The molecule has 6 N–H and O–H groups in total. The van der Waals surface area contributed by atoms with Crippen LogP contribution in [0.5, 0.6) is 5.75 Å². The molecule has 0 unspecified atom stereocenters. The zero-order valence-electron chi connectivity index (χ0n) is 14.1. The fourth-order valence-corrected chi connectivity index (χ4v) is 2.19. The van der Waals surface area contributed by atoms with E-state index in [-0.39, 0.29) is 11.7 Å². The van der Waals surface area contributed by atoms with Gasteiger partial charge in [0.05, 0.1) is 6.54 Å². The van der Waals surface area contributed by atoms with Crippen LogP contribution in [0, 0.1) is 12.3 Å². The van der Waals surface area contributed by atoms with E-state index in [1.807, 2.05) is 13.0 Å². The van der Waals surface area contributed by atoms with Crippen molar-refractivity contribution in [3.05, 3.63) is 71.3 Å². The summed E-state index contributed by atoms with van der Waals surface area (Å²) in [6.07, 6.45) is 0. The van der Waals surface area contributed by atoms with Crippen molar-refractivity contribution in [1.29, 1.82) is 5.41 Å². The first-order chi connectivity index (χ1) is 11.9. The maximum atomic E-state index is 12.1. The highest BCUT2D eigenvalue weighted by molar-refractivity contribution is 5.95. The van der Waals surface area contributed by atoms with Crippen LogP contribution in [0.25, 0.3) is 5.70 Å². The van der Waals surface area contributed by atoms with E-state index in [0.717, 1.165) is 11.1 Å². The minimum absolute atomic E-state index is 0.0123. The molecule has 0 saturated heterocycles. The number of carbonyl (C=O) groups is 1. The molecule has 0 atom stereocenters. The number of nitrogens with two attached hydrogens (primary N) is 2. The Kier molecular flexibility index (Phi) is 5.79. The first-order valence-corrected chi connectivity index (χ1v) is 7.79. The first-order valence-electron chi connectivity index (χ1n) is 7.79. The lowest BCUT2D eigenvalue weighted by molar-refractivity contribution is 0.0947. The Morgan fingerprint density at radius 2 is 1.72 bits per heavy atom. The number of benzene rings is 2. The fraction of sp³-hybridized carbons (Fsp3) is 0.158. The van der Waals surface area contributed by atoms with Crippen LogP contribution in [-0.2, 0) is 0 Å². The Morgan fingerprint density at radius 3 is 2.32 bits per heavy atom. The van der Waals surface area contributed by atoms with Gasteiger partial charge in [-0.3, -0.25) is 10.2 Å². The molecule has 0 fully saturated rings. The molecule has 6 nitrogen and oxygen atoms in total. The molecule has 0 aliphatic carbocycles. The van der Waals surface area contributed by atoms with E-state index in [1.165, 1.54) is 0 Å². The van der Waals surface area contributed by atoms with Gasteiger partial charge in [-0.05, 0) is 36.2 Å². The number of rotatable bonds is 7. The van der Waals surface area contributed by atoms with Gasteiger partial charge in [-0.25, -0.2) is 0 Å². The van der Waals surface area contributed by atoms with Gasteiger partial charge in [-0.15, -0.1) is 0 Å². The summed E-state index contributed by atoms with van der Waals surface area (Å²) in [6, 6.07) is 12.2. The third-order valence-electron chi connectivity index (χ3n) is 3.66. The number of hydrogen-bond acceptors (Lipinski definition) is 4. The summed E-state index contributed by atoms with van der Waals surface area (Å²) in [6.45, 7) is 6.23. The Labute approximate surface area is 147 Å². The number of amidine groups is 1. The topological polar surface area (TPSA) is 114 Å². The molecule has 0 saturated carbocycles. The summed E-state index contributed by atoms with van der Waals surface area (Å²) in [5.74, 6) is 0.446. The summed E-state index contributed by atoms with van der Waals surface area (Å²) in [5, 5.41) is 10.3. The van der Waals surface area contributed by atoms with Crippen molar-refractivity contribution in [1.82, 2.24) is 5.32 Å².